The summed E-state index contributed by atoms with van der Waals surface area (Å²) in [5.74, 6) is -4.55. The average molecular weight is 872 g/mol. The fourth-order valence-electron chi connectivity index (χ4n) is 10.1. The van der Waals surface area contributed by atoms with Crippen molar-refractivity contribution in [1.29, 1.82) is 0 Å². The highest BCUT2D eigenvalue weighted by Gasteiger charge is 2.47. The monoisotopic (exact) mass is 872 g/mol. The van der Waals surface area contributed by atoms with Crippen molar-refractivity contribution in [2.75, 3.05) is 20.8 Å². The highest BCUT2D eigenvalue weighted by atomic mass is 16.6. The van der Waals surface area contributed by atoms with Gasteiger partial charge in [-0.1, -0.05) is 51.5 Å². The zero-order chi connectivity index (χ0) is 46.1. The zero-order valence-corrected chi connectivity index (χ0v) is 39.3. The Hall–Kier alpha value is -3.23. The molecule has 0 radical (unpaired) electrons. The Labute approximate surface area is 370 Å². The van der Waals surface area contributed by atoms with E-state index in [0.717, 1.165) is 5.57 Å². The van der Waals surface area contributed by atoms with Gasteiger partial charge in [0.25, 0.3) is 5.91 Å². The van der Waals surface area contributed by atoms with Gasteiger partial charge >= 0.3 is 11.9 Å². The van der Waals surface area contributed by atoms with Crippen LogP contribution in [0, 0.1) is 35.5 Å². The van der Waals surface area contributed by atoms with Gasteiger partial charge in [0.05, 0.1) is 30.5 Å². The molecule has 1 saturated carbocycles. The summed E-state index contributed by atoms with van der Waals surface area (Å²) in [4.78, 5) is 71.0. The maximum absolute atomic E-state index is 14.4. The number of carbonyl (C=O) groups is 5. The number of cyclic esters (lactones) is 1. The molecule has 13 nitrogen and oxygen atoms in total. The van der Waals surface area contributed by atoms with Crippen LogP contribution in [-0.2, 0) is 47.7 Å². The number of ether oxygens (including phenoxy) is 5. The maximum atomic E-state index is 14.4. The van der Waals surface area contributed by atoms with Crippen LogP contribution in [0.15, 0.2) is 35.5 Å². The van der Waals surface area contributed by atoms with E-state index in [9.17, 15) is 34.2 Å². The summed E-state index contributed by atoms with van der Waals surface area (Å²) in [5.41, 5.74) is 0.951. The summed E-state index contributed by atoms with van der Waals surface area (Å²) in [5, 5.41) is 22.4. The van der Waals surface area contributed by atoms with E-state index >= 15 is 0 Å². The second-order valence-corrected chi connectivity index (χ2v) is 20.0. The van der Waals surface area contributed by atoms with Gasteiger partial charge in [0.2, 0.25) is 5.78 Å². The first-order valence-corrected chi connectivity index (χ1v) is 23.0. The molecule has 1 amide bonds. The Balaban J connectivity index is 1.76. The van der Waals surface area contributed by atoms with Gasteiger partial charge in [-0.15, -0.1) is 0 Å². The van der Waals surface area contributed by atoms with Crippen LogP contribution in [0.5, 0.6) is 0 Å². The number of allylic oxidation sites excluding steroid dienone is 4. The molecule has 3 fully saturated rings. The van der Waals surface area contributed by atoms with Gasteiger partial charge in [-0.2, -0.15) is 0 Å². The molecule has 1 unspecified atom stereocenters. The van der Waals surface area contributed by atoms with Gasteiger partial charge in [-0.25, -0.2) is 9.59 Å². The van der Waals surface area contributed by atoms with Gasteiger partial charge in [0.1, 0.15) is 29.6 Å². The van der Waals surface area contributed by atoms with E-state index < -0.39 is 77.6 Å². The minimum Gasteiger partial charge on any atom is -0.457 e. The third-order valence-electron chi connectivity index (χ3n) is 13.3. The minimum atomic E-state index is -1.24. The quantitative estimate of drug-likeness (QED) is 0.121. The molecule has 1 aliphatic carbocycles. The predicted octanol–water partition coefficient (Wildman–Crippen LogP) is 6.65. The number of amides is 1. The maximum Gasteiger partial charge on any atom is 0.330 e. The van der Waals surface area contributed by atoms with Crippen LogP contribution in [0.4, 0.5) is 0 Å². The highest BCUT2D eigenvalue weighted by molar-refractivity contribution is 6.38. The molecule has 2 N–H and O–H groups in total. The summed E-state index contributed by atoms with van der Waals surface area (Å²) in [6, 6.07) is -1.03. The Morgan fingerprint density at radius 1 is 0.903 bits per heavy atom. The first kappa shape index (κ1) is 51.4. The summed E-state index contributed by atoms with van der Waals surface area (Å²) in [6.07, 6.45) is 7.13. The van der Waals surface area contributed by atoms with Crippen molar-refractivity contribution in [2.45, 2.75) is 187 Å². The molecule has 2 bridgehead atoms. The van der Waals surface area contributed by atoms with Crippen molar-refractivity contribution >= 4 is 29.4 Å². The highest BCUT2D eigenvalue weighted by Crippen LogP contribution is 2.36. The van der Waals surface area contributed by atoms with Gasteiger partial charge in [0.15, 0.2) is 0 Å². The van der Waals surface area contributed by atoms with Gasteiger partial charge in [0, 0.05) is 45.1 Å². The molecule has 350 valence electrons. The SMILES string of the molecule is CO[C@H]1C[C@@H](C)C2O[C@@H]1[C@@H](C)C[C@@H](C)C/C(C)=C/[C@@H](C/C=C/C(=O)OC(C)(C)C)C(=O)C[C@H](O)[C@@H](C)[C@@H](/C(C)=C/[C@@H]1CC[C@@H](O)[C@H](OC)C1)OC(=O)[C@@H]1CCCCN1C(=O)C2=O. The molecule has 0 aromatic heterocycles. The van der Waals surface area contributed by atoms with Crippen LogP contribution in [0.2, 0.25) is 0 Å². The zero-order valence-electron chi connectivity index (χ0n) is 39.3. The van der Waals surface area contributed by atoms with Crippen molar-refractivity contribution in [3.8, 4) is 0 Å². The number of fused-ring (bicyclic) bond motifs is 3. The van der Waals surface area contributed by atoms with Crippen LogP contribution in [0.1, 0.15) is 133 Å². The van der Waals surface area contributed by atoms with Crippen LogP contribution in [0.25, 0.3) is 0 Å². The van der Waals surface area contributed by atoms with Crippen LogP contribution >= 0.6 is 0 Å². The van der Waals surface area contributed by atoms with E-state index in [1.807, 2.05) is 32.9 Å². The summed E-state index contributed by atoms with van der Waals surface area (Å²) in [6.45, 7) is 17.2. The molecule has 3 heterocycles. The number of nitrogens with zero attached hydrogens (tertiary/aromatic N) is 1. The van der Waals surface area contributed by atoms with Crippen molar-refractivity contribution < 1.29 is 57.9 Å². The van der Waals surface area contributed by atoms with Crippen molar-refractivity contribution in [3.63, 3.8) is 0 Å². The number of piperidine rings is 1. The van der Waals surface area contributed by atoms with Crippen molar-refractivity contribution in [2.24, 2.45) is 35.5 Å². The lowest BCUT2D eigenvalue weighted by atomic mass is 9.80. The number of carbonyl (C=O) groups excluding carboxylic acids is 5. The fourth-order valence-corrected chi connectivity index (χ4v) is 10.1. The van der Waals surface area contributed by atoms with E-state index in [1.165, 1.54) is 11.0 Å². The number of aliphatic hydroxyl groups is 2. The summed E-state index contributed by atoms with van der Waals surface area (Å²) in [7, 11) is 3.20. The Bertz CT molecular complexity index is 1650. The van der Waals surface area contributed by atoms with Gasteiger partial charge in [-0.05, 0) is 128 Å². The van der Waals surface area contributed by atoms with Gasteiger partial charge < -0.3 is 38.8 Å². The molecular formula is C49H77NO12. The normalized spacial score (nSPS) is 37.8. The molecule has 2 saturated heterocycles. The smallest absolute Gasteiger partial charge is 0.330 e. The summed E-state index contributed by atoms with van der Waals surface area (Å²) < 4.78 is 29.8. The summed E-state index contributed by atoms with van der Waals surface area (Å²) >= 11 is 0. The number of ketones is 2. The first-order chi connectivity index (χ1) is 29.1. The second-order valence-electron chi connectivity index (χ2n) is 20.0. The molecule has 0 spiro atoms. The molecule has 4 rings (SSSR count). The Morgan fingerprint density at radius 3 is 2.26 bits per heavy atom. The molecule has 4 aliphatic rings. The average Bonchev–Trinajstić information content (AvgIpc) is 3.20. The molecule has 13 heteroatoms. The third-order valence-corrected chi connectivity index (χ3v) is 13.3. The van der Waals surface area contributed by atoms with E-state index in [1.54, 1.807) is 48.0 Å². The van der Waals surface area contributed by atoms with Crippen LogP contribution in [-0.4, -0.2) is 120 Å². The first-order valence-electron chi connectivity index (χ1n) is 23.0. The predicted molar refractivity (Wildman–Crippen MR) is 235 cm³/mol. The molecule has 0 aromatic rings. The van der Waals surface area contributed by atoms with E-state index in [0.29, 0.717) is 63.4 Å². The number of hydrogen-bond donors (Lipinski definition) is 2. The third kappa shape index (κ3) is 14.1. The number of rotatable bonds is 7. The van der Waals surface area contributed by atoms with E-state index in [2.05, 4.69) is 13.8 Å². The van der Waals surface area contributed by atoms with E-state index in [-0.39, 0.29) is 61.0 Å². The second kappa shape index (κ2) is 23.1. The lowest BCUT2D eigenvalue weighted by Gasteiger charge is -2.43. The molecule has 0 aromatic carbocycles. The number of aliphatic hydroxyl groups excluding tert-OH is 2. The number of esters is 2. The lowest BCUT2D eigenvalue weighted by Crippen LogP contribution is -2.57. The minimum absolute atomic E-state index is 0.0121. The van der Waals surface area contributed by atoms with Gasteiger partial charge in [-0.3, -0.25) is 14.4 Å². The van der Waals surface area contributed by atoms with Crippen LogP contribution < -0.4 is 0 Å². The fraction of sp³-hybridized carbons (Fsp3) is 0.776. The number of hydrogen-bond acceptors (Lipinski definition) is 12. The molecule has 14 atom stereocenters. The van der Waals surface area contributed by atoms with Crippen LogP contribution in [0.3, 0.4) is 0 Å². The number of methoxy groups -OCH3 is 2. The molecular weight excluding hydrogens is 795 g/mol. The standard InChI is InChI=1S/C49H77NO12/c1-28-21-29(2)23-35(15-14-17-42(54)62-49(7,8)9)39(53)27-38(52)33(6)44(31(4)24-34-18-19-37(51)40(26-34)58-10)61-48(57)36-16-12-13-20-50(36)47(56)43(55)46-32(5)25-41(59-11)45(60-46)30(3)22-28/h14,17,23-24,28,30,32-38,40-41,44-46,51-52H,12-13,15-16,18-22,25-27H2,1-11H3/b17-14+,29-23+,31-24+/t28-,30-,32+,33+,34-,35+,36-,37+,38-,40+,41-,44+,45+,46?/m0/s1. The van der Waals surface area contributed by atoms with Crippen molar-refractivity contribution in [1.82, 2.24) is 4.90 Å². The Morgan fingerprint density at radius 2 is 1.60 bits per heavy atom. The van der Waals surface area contributed by atoms with Crippen molar-refractivity contribution in [3.05, 3.63) is 35.5 Å². The lowest BCUT2D eigenvalue weighted by molar-refractivity contribution is -0.185. The largest absolute Gasteiger partial charge is 0.457 e. The Kier molecular flexibility index (Phi) is 19.2. The molecule has 62 heavy (non-hydrogen) atoms. The number of Topliss-reactive ketones (excluding diaryl/α,β-unsaturated/α-hetero) is 2. The molecule has 3 aliphatic heterocycles. The van der Waals surface area contributed by atoms with E-state index in [4.69, 9.17) is 23.7 Å². The topological polar surface area (TPSA) is 175 Å².